The van der Waals surface area contributed by atoms with E-state index in [0.29, 0.717) is 0 Å². The van der Waals surface area contributed by atoms with Crippen molar-refractivity contribution in [3.8, 4) is 0 Å². The first-order chi connectivity index (χ1) is 7.84. The van der Waals surface area contributed by atoms with Crippen molar-refractivity contribution < 1.29 is 0 Å². The number of thiazole rings is 1. The van der Waals surface area contributed by atoms with Crippen molar-refractivity contribution >= 4 is 34.6 Å². The Balaban J connectivity index is 2.16. The number of benzene rings is 1. The molecule has 3 nitrogen and oxygen atoms in total. The first kappa shape index (κ1) is 9.74. The third-order valence-electron chi connectivity index (χ3n) is 2.48. The molecule has 0 saturated carbocycles. The summed E-state index contributed by atoms with van der Waals surface area (Å²) in [6, 6.07) is 8.13. The molecular formula is C11H9N3S2. The van der Waals surface area contributed by atoms with Crippen LogP contribution in [0.1, 0.15) is 4.88 Å². The fourth-order valence-electron chi connectivity index (χ4n) is 1.74. The minimum atomic E-state index is 0.759. The zero-order chi connectivity index (χ0) is 11.0. The molecule has 0 atom stereocenters. The highest BCUT2D eigenvalue weighted by molar-refractivity contribution is 7.71. The van der Waals surface area contributed by atoms with Crippen LogP contribution in [0.2, 0.25) is 0 Å². The number of imidazole rings is 1. The van der Waals surface area contributed by atoms with E-state index in [2.05, 4.69) is 20.6 Å². The Bertz CT molecular complexity index is 664. The lowest BCUT2D eigenvalue weighted by Crippen LogP contribution is -1.97. The number of nitrogens with one attached hydrogen (secondary N) is 1. The highest BCUT2D eigenvalue weighted by Crippen LogP contribution is 2.16. The number of hydrogen-bond acceptors (Lipinski definition) is 3. The highest BCUT2D eigenvalue weighted by atomic mass is 32.1. The molecule has 5 heteroatoms. The first-order valence-electron chi connectivity index (χ1n) is 4.89. The molecular weight excluding hydrogens is 238 g/mol. The average molecular weight is 247 g/mol. The molecule has 1 N–H and O–H groups in total. The van der Waals surface area contributed by atoms with Crippen LogP contribution in [0.15, 0.2) is 36.0 Å². The van der Waals surface area contributed by atoms with Gasteiger partial charge in [0, 0.05) is 11.1 Å². The summed E-state index contributed by atoms with van der Waals surface area (Å²) < 4.78 is 2.85. The van der Waals surface area contributed by atoms with Crippen LogP contribution in [0.5, 0.6) is 0 Å². The monoisotopic (exact) mass is 247 g/mol. The van der Waals surface area contributed by atoms with Gasteiger partial charge in [-0.05, 0) is 24.4 Å². The van der Waals surface area contributed by atoms with Crippen molar-refractivity contribution in [3.63, 3.8) is 0 Å². The largest absolute Gasteiger partial charge is 0.331 e. The molecule has 80 valence electrons. The molecule has 16 heavy (non-hydrogen) atoms. The molecule has 0 fully saturated rings. The maximum atomic E-state index is 5.32. The smallest absolute Gasteiger partial charge is 0.178 e. The topological polar surface area (TPSA) is 33.6 Å². The maximum absolute atomic E-state index is 5.32. The molecule has 0 aliphatic heterocycles. The summed E-state index contributed by atoms with van der Waals surface area (Å²) in [7, 11) is 0. The van der Waals surface area contributed by atoms with Crippen molar-refractivity contribution in [2.45, 2.75) is 6.54 Å². The van der Waals surface area contributed by atoms with Gasteiger partial charge in [0.2, 0.25) is 0 Å². The maximum Gasteiger partial charge on any atom is 0.178 e. The highest BCUT2D eigenvalue weighted by Gasteiger charge is 2.04. The zero-order valence-corrected chi connectivity index (χ0v) is 10.0. The Labute approximate surface area is 101 Å². The summed E-state index contributed by atoms with van der Waals surface area (Å²) in [5.41, 5.74) is 4.06. The van der Waals surface area contributed by atoms with Crippen LogP contribution in [0.4, 0.5) is 0 Å². The molecule has 3 rings (SSSR count). The number of rotatable bonds is 2. The Morgan fingerprint density at radius 1 is 1.38 bits per heavy atom. The van der Waals surface area contributed by atoms with E-state index in [4.69, 9.17) is 12.2 Å². The molecule has 3 aromatic rings. The molecule has 2 heterocycles. The number of hydrogen-bond donors (Lipinski definition) is 1. The standard InChI is InChI=1S/C11H9N3S2/c15-11-13-9-3-1-2-4-10(9)14(11)6-8-5-12-7-16-8/h1-5,7H,6H2,(H,13,15). The quantitative estimate of drug-likeness (QED) is 0.705. The minimum absolute atomic E-state index is 0.759. The summed E-state index contributed by atoms with van der Waals surface area (Å²) in [4.78, 5) is 8.48. The van der Waals surface area contributed by atoms with Crippen LogP contribution in [0, 0.1) is 4.77 Å². The van der Waals surface area contributed by atoms with E-state index in [1.165, 1.54) is 4.88 Å². The van der Waals surface area contributed by atoms with Gasteiger partial charge in [0.25, 0.3) is 0 Å². The molecule has 0 aliphatic rings. The summed E-state index contributed by atoms with van der Waals surface area (Å²) in [6.07, 6.45) is 1.88. The van der Waals surface area contributed by atoms with Gasteiger partial charge in [-0.2, -0.15) is 0 Å². The molecule has 0 saturated heterocycles. The van der Waals surface area contributed by atoms with Gasteiger partial charge in [-0.15, -0.1) is 11.3 Å². The molecule has 2 aromatic heterocycles. The van der Waals surface area contributed by atoms with Gasteiger partial charge in [0.05, 0.1) is 23.1 Å². The summed E-state index contributed by atoms with van der Waals surface area (Å²) >= 11 is 6.96. The van der Waals surface area contributed by atoms with Crippen LogP contribution >= 0.6 is 23.6 Å². The fourth-order valence-corrected chi connectivity index (χ4v) is 2.60. The molecule has 0 bridgehead atoms. The second-order valence-corrected chi connectivity index (χ2v) is 4.86. The van der Waals surface area contributed by atoms with Gasteiger partial charge < -0.3 is 9.55 Å². The van der Waals surface area contributed by atoms with Crippen molar-refractivity contribution in [1.29, 1.82) is 0 Å². The molecule has 0 amide bonds. The van der Waals surface area contributed by atoms with Crippen LogP contribution in [-0.2, 0) is 6.54 Å². The normalized spacial score (nSPS) is 11.0. The molecule has 1 aromatic carbocycles. The molecule has 0 radical (unpaired) electrons. The number of H-pyrrole nitrogens is 1. The van der Waals surface area contributed by atoms with E-state index in [9.17, 15) is 0 Å². The number of para-hydroxylation sites is 2. The lowest BCUT2D eigenvalue weighted by molar-refractivity contribution is 0.821. The summed E-state index contributed by atoms with van der Waals surface area (Å²) in [5.74, 6) is 0. The van der Waals surface area contributed by atoms with Crippen LogP contribution in [-0.4, -0.2) is 14.5 Å². The fraction of sp³-hybridized carbons (Fsp3) is 0.0909. The molecule has 0 aliphatic carbocycles. The number of aromatic amines is 1. The number of fused-ring (bicyclic) bond motifs is 1. The SMILES string of the molecule is S=c1[nH]c2ccccc2n1Cc1cncs1. The van der Waals surface area contributed by atoms with Gasteiger partial charge in [0.1, 0.15) is 0 Å². The molecule has 0 unspecified atom stereocenters. The van der Waals surface area contributed by atoms with Crippen LogP contribution < -0.4 is 0 Å². The third-order valence-corrected chi connectivity index (χ3v) is 3.57. The van der Waals surface area contributed by atoms with Crippen LogP contribution in [0.25, 0.3) is 11.0 Å². The Morgan fingerprint density at radius 3 is 3.06 bits per heavy atom. The van der Waals surface area contributed by atoms with Gasteiger partial charge >= 0.3 is 0 Å². The van der Waals surface area contributed by atoms with Gasteiger partial charge in [-0.3, -0.25) is 4.98 Å². The number of aromatic nitrogens is 3. The van der Waals surface area contributed by atoms with E-state index >= 15 is 0 Å². The summed E-state index contributed by atoms with van der Waals surface area (Å²) in [5, 5.41) is 0. The van der Waals surface area contributed by atoms with Gasteiger partial charge in [-0.1, -0.05) is 12.1 Å². The average Bonchev–Trinajstić information content (AvgIpc) is 2.89. The lowest BCUT2D eigenvalue weighted by atomic mass is 10.3. The number of nitrogens with zero attached hydrogens (tertiary/aromatic N) is 2. The van der Waals surface area contributed by atoms with E-state index in [1.54, 1.807) is 11.3 Å². The molecule has 0 spiro atoms. The second-order valence-electron chi connectivity index (χ2n) is 3.50. The van der Waals surface area contributed by atoms with E-state index in [-0.39, 0.29) is 0 Å². The van der Waals surface area contributed by atoms with Crippen molar-refractivity contribution in [3.05, 3.63) is 45.6 Å². The van der Waals surface area contributed by atoms with Gasteiger partial charge in [0.15, 0.2) is 4.77 Å². The van der Waals surface area contributed by atoms with Crippen molar-refractivity contribution in [2.75, 3.05) is 0 Å². The lowest BCUT2D eigenvalue weighted by Gasteiger charge is -2.00. The predicted octanol–water partition coefficient (Wildman–Crippen LogP) is 3.20. The van der Waals surface area contributed by atoms with Crippen molar-refractivity contribution in [2.24, 2.45) is 0 Å². The Hall–Kier alpha value is -1.46. The van der Waals surface area contributed by atoms with E-state index in [0.717, 1.165) is 22.3 Å². The third kappa shape index (κ3) is 1.58. The second kappa shape index (κ2) is 3.84. The zero-order valence-electron chi connectivity index (χ0n) is 8.38. The first-order valence-corrected chi connectivity index (χ1v) is 6.18. The predicted molar refractivity (Wildman–Crippen MR) is 68.3 cm³/mol. The van der Waals surface area contributed by atoms with Crippen molar-refractivity contribution in [1.82, 2.24) is 14.5 Å². The Kier molecular flexibility index (Phi) is 2.34. The van der Waals surface area contributed by atoms with E-state index in [1.807, 2.05) is 29.9 Å². The van der Waals surface area contributed by atoms with Crippen LogP contribution in [0.3, 0.4) is 0 Å². The summed E-state index contributed by atoms with van der Waals surface area (Å²) in [6.45, 7) is 0.785. The van der Waals surface area contributed by atoms with Gasteiger partial charge in [-0.25, -0.2) is 0 Å². The Morgan fingerprint density at radius 2 is 2.25 bits per heavy atom. The minimum Gasteiger partial charge on any atom is -0.331 e. The van der Waals surface area contributed by atoms with E-state index < -0.39 is 0 Å².